The highest BCUT2D eigenvalue weighted by Crippen LogP contribution is 2.22. The summed E-state index contributed by atoms with van der Waals surface area (Å²) in [6.45, 7) is 3.61. The van der Waals surface area contributed by atoms with E-state index in [9.17, 15) is 30.3 Å². The van der Waals surface area contributed by atoms with E-state index in [4.69, 9.17) is 9.47 Å². The fourth-order valence-corrected chi connectivity index (χ4v) is 8.06. The van der Waals surface area contributed by atoms with Crippen LogP contribution in [0, 0.1) is 0 Å². The quantitative estimate of drug-likeness (QED) is 0.0261. The Morgan fingerprint density at radius 2 is 0.851 bits per heavy atom. The standard InChI is InChI=1S/C65H105NO8/c1-3-5-7-9-11-13-15-17-19-21-22-23-24-25-26-27-28-29-30-31-32-33-34-35-36-37-38-39-41-43-45-47-49-51-53-55-61(69)66-58(57-73-65-64(72)63(71)62(70)60(56-67)74-65)59(68)54-52-50-48-46-44-42-40-20-18-16-14-12-10-8-6-4-2/h5,7,11,13,17-20,22-23,25-26,28-29,31-32,34-35,37-38,44,46,52,54,58-60,62-65,67-68,70-72H,3-4,6,8-10,12,14-16,21,24,27,30,33,36,39-43,45,47-51,53,55-57H2,1-2H3,(H,66,69)/b7-5-,13-11-,19-17-,20-18+,23-22-,26-25-,29-28-,32-31-,35-34-,38-37-,46-44+,54-52+. The smallest absolute Gasteiger partial charge is 0.220 e. The lowest BCUT2D eigenvalue weighted by Crippen LogP contribution is -2.60. The Balaban J connectivity index is 2.24. The largest absolute Gasteiger partial charge is 0.394 e. The highest BCUT2D eigenvalue weighted by Gasteiger charge is 2.44. The number of carbonyl (C=O) groups excluding carboxylic acids is 1. The highest BCUT2D eigenvalue weighted by molar-refractivity contribution is 5.76. The molecule has 0 radical (unpaired) electrons. The zero-order valence-corrected chi connectivity index (χ0v) is 46.3. The van der Waals surface area contributed by atoms with Gasteiger partial charge in [0.05, 0.1) is 25.4 Å². The van der Waals surface area contributed by atoms with E-state index in [1.807, 2.05) is 6.08 Å². The van der Waals surface area contributed by atoms with Crippen LogP contribution in [-0.4, -0.2) is 87.5 Å². The monoisotopic (exact) mass is 1030 g/mol. The lowest BCUT2D eigenvalue weighted by Gasteiger charge is -2.40. The van der Waals surface area contributed by atoms with E-state index in [-0.39, 0.29) is 12.5 Å². The first-order valence-electron chi connectivity index (χ1n) is 29.1. The van der Waals surface area contributed by atoms with Crippen LogP contribution in [0.3, 0.4) is 0 Å². The molecule has 7 unspecified atom stereocenters. The van der Waals surface area contributed by atoms with Crippen LogP contribution >= 0.6 is 0 Å². The minimum Gasteiger partial charge on any atom is -0.394 e. The summed E-state index contributed by atoms with van der Waals surface area (Å²) < 4.78 is 11.2. The SMILES string of the molecule is CC/C=C\C/C=C\C/C=C\C/C=C\C/C=C\C/C=C\C/C=C\C/C=C\C/C=C\CCCCCCCCCC(=O)NC(COC1OC(CO)C(O)C(O)C1O)C(O)/C=C/CC/C=C/CC/C=C/CCCCCCCC. The summed E-state index contributed by atoms with van der Waals surface area (Å²) in [4.78, 5) is 13.0. The molecule has 418 valence electrons. The minimum absolute atomic E-state index is 0.209. The van der Waals surface area contributed by atoms with Gasteiger partial charge in [0.15, 0.2) is 6.29 Å². The molecule has 1 amide bonds. The molecule has 74 heavy (non-hydrogen) atoms. The van der Waals surface area contributed by atoms with Crippen molar-refractivity contribution in [2.45, 2.75) is 243 Å². The molecular formula is C65H105NO8. The van der Waals surface area contributed by atoms with E-state index in [1.165, 1.54) is 57.8 Å². The lowest BCUT2D eigenvalue weighted by atomic mass is 9.99. The van der Waals surface area contributed by atoms with Crippen molar-refractivity contribution in [3.63, 3.8) is 0 Å². The van der Waals surface area contributed by atoms with Crippen LogP contribution in [0.15, 0.2) is 146 Å². The van der Waals surface area contributed by atoms with Gasteiger partial charge in [-0.15, -0.1) is 0 Å². The Kier molecular flexibility index (Phi) is 48.3. The molecular weight excluding hydrogens is 923 g/mol. The van der Waals surface area contributed by atoms with Crippen LogP contribution in [0.1, 0.15) is 200 Å². The van der Waals surface area contributed by atoms with Crippen LogP contribution in [0.25, 0.3) is 0 Å². The maximum absolute atomic E-state index is 13.0. The average Bonchev–Trinajstić information content (AvgIpc) is 3.40. The number of ether oxygens (including phenoxy) is 2. The number of unbranched alkanes of at least 4 members (excludes halogenated alkanes) is 15. The molecule has 0 aromatic heterocycles. The molecule has 6 N–H and O–H groups in total. The second kappa shape index (κ2) is 52.5. The molecule has 1 fully saturated rings. The number of amides is 1. The molecule has 1 aliphatic rings. The van der Waals surface area contributed by atoms with Gasteiger partial charge in [0.25, 0.3) is 0 Å². The van der Waals surface area contributed by atoms with Crippen molar-refractivity contribution in [2.75, 3.05) is 13.2 Å². The van der Waals surface area contributed by atoms with Gasteiger partial charge < -0.3 is 40.3 Å². The van der Waals surface area contributed by atoms with Crippen molar-refractivity contribution in [2.24, 2.45) is 0 Å². The third kappa shape index (κ3) is 41.3. The van der Waals surface area contributed by atoms with Crippen molar-refractivity contribution >= 4 is 5.91 Å². The van der Waals surface area contributed by atoms with E-state index in [0.717, 1.165) is 122 Å². The van der Waals surface area contributed by atoms with E-state index >= 15 is 0 Å². The first-order valence-corrected chi connectivity index (χ1v) is 29.1. The van der Waals surface area contributed by atoms with Crippen molar-refractivity contribution in [1.82, 2.24) is 5.32 Å². The van der Waals surface area contributed by atoms with Crippen LogP contribution < -0.4 is 5.32 Å². The van der Waals surface area contributed by atoms with Crippen molar-refractivity contribution < 1.29 is 39.8 Å². The summed E-state index contributed by atoms with van der Waals surface area (Å²) in [6.07, 6.45) is 74.8. The minimum atomic E-state index is -1.59. The van der Waals surface area contributed by atoms with Crippen molar-refractivity contribution in [1.29, 1.82) is 0 Å². The van der Waals surface area contributed by atoms with Crippen LogP contribution in [-0.2, 0) is 14.3 Å². The number of nitrogens with one attached hydrogen (secondary N) is 1. The molecule has 0 aliphatic carbocycles. The first kappa shape index (κ1) is 68.1. The van der Waals surface area contributed by atoms with Crippen molar-refractivity contribution in [3.05, 3.63) is 146 Å². The van der Waals surface area contributed by atoms with Gasteiger partial charge in [0.1, 0.15) is 24.4 Å². The molecule has 1 aliphatic heterocycles. The topological polar surface area (TPSA) is 149 Å². The van der Waals surface area contributed by atoms with E-state index in [0.29, 0.717) is 6.42 Å². The average molecular weight is 1030 g/mol. The normalized spacial score (nSPS) is 20.1. The Hall–Kier alpha value is -3.93. The summed E-state index contributed by atoms with van der Waals surface area (Å²) in [6, 6.07) is -0.845. The van der Waals surface area contributed by atoms with Crippen LogP contribution in [0.5, 0.6) is 0 Å². The van der Waals surface area contributed by atoms with E-state index < -0.39 is 49.5 Å². The molecule has 0 aromatic rings. The molecule has 0 spiro atoms. The van der Waals surface area contributed by atoms with Gasteiger partial charge >= 0.3 is 0 Å². The lowest BCUT2D eigenvalue weighted by molar-refractivity contribution is -0.302. The fraction of sp³-hybridized carbons (Fsp3) is 0.615. The molecule has 7 atom stereocenters. The van der Waals surface area contributed by atoms with Crippen LogP contribution in [0.4, 0.5) is 0 Å². The first-order chi connectivity index (χ1) is 36.3. The molecule has 1 heterocycles. The van der Waals surface area contributed by atoms with Gasteiger partial charge in [0, 0.05) is 6.42 Å². The molecule has 0 aromatic carbocycles. The number of aliphatic hydroxyl groups is 5. The highest BCUT2D eigenvalue weighted by atomic mass is 16.7. The molecule has 9 heteroatoms. The predicted octanol–water partition coefficient (Wildman–Crippen LogP) is 14.7. The number of carbonyl (C=O) groups is 1. The second-order valence-corrected chi connectivity index (χ2v) is 19.3. The zero-order valence-electron chi connectivity index (χ0n) is 46.3. The number of aliphatic hydroxyl groups excluding tert-OH is 5. The third-order valence-electron chi connectivity index (χ3n) is 12.6. The summed E-state index contributed by atoms with van der Waals surface area (Å²) in [5.74, 6) is -0.209. The Morgan fingerprint density at radius 3 is 1.30 bits per heavy atom. The molecule has 0 bridgehead atoms. The molecule has 9 nitrogen and oxygen atoms in total. The van der Waals surface area contributed by atoms with Crippen molar-refractivity contribution in [3.8, 4) is 0 Å². The zero-order chi connectivity index (χ0) is 53.6. The summed E-state index contributed by atoms with van der Waals surface area (Å²) >= 11 is 0. The van der Waals surface area contributed by atoms with Gasteiger partial charge in [-0.25, -0.2) is 0 Å². The summed E-state index contributed by atoms with van der Waals surface area (Å²) in [5, 5.41) is 54.4. The van der Waals surface area contributed by atoms with E-state index in [1.54, 1.807) is 6.08 Å². The van der Waals surface area contributed by atoms with Crippen LogP contribution in [0.2, 0.25) is 0 Å². The van der Waals surface area contributed by atoms with E-state index in [2.05, 4.69) is 153 Å². The summed E-state index contributed by atoms with van der Waals surface area (Å²) in [7, 11) is 0. The Bertz CT molecular complexity index is 1660. The maximum Gasteiger partial charge on any atom is 0.220 e. The number of hydrogen-bond acceptors (Lipinski definition) is 8. The fourth-order valence-electron chi connectivity index (χ4n) is 8.06. The second-order valence-electron chi connectivity index (χ2n) is 19.3. The van der Waals surface area contributed by atoms with Gasteiger partial charge in [-0.3, -0.25) is 4.79 Å². The number of allylic oxidation sites excluding steroid dienone is 23. The van der Waals surface area contributed by atoms with Gasteiger partial charge in [0.2, 0.25) is 5.91 Å². The summed E-state index contributed by atoms with van der Waals surface area (Å²) in [5.41, 5.74) is 0. The van der Waals surface area contributed by atoms with Gasteiger partial charge in [-0.05, 0) is 116 Å². The predicted molar refractivity (Wildman–Crippen MR) is 313 cm³/mol. The van der Waals surface area contributed by atoms with Gasteiger partial charge in [-0.2, -0.15) is 0 Å². The number of hydrogen-bond donors (Lipinski definition) is 6. The number of rotatable bonds is 47. The van der Waals surface area contributed by atoms with Gasteiger partial charge in [-0.1, -0.05) is 224 Å². The Labute approximate surface area is 451 Å². The molecule has 1 saturated heterocycles. The maximum atomic E-state index is 13.0. The third-order valence-corrected chi connectivity index (χ3v) is 12.6. The Morgan fingerprint density at radius 1 is 0.473 bits per heavy atom. The molecule has 0 saturated carbocycles. The molecule has 1 rings (SSSR count).